The maximum Gasteiger partial charge on any atom is 0.238 e. The average Bonchev–Trinajstić information content (AvgIpc) is 3.33. The molecule has 1 aliphatic carbocycles. The van der Waals surface area contributed by atoms with Crippen molar-refractivity contribution < 1.29 is 9.53 Å². The Kier molecular flexibility index (Phi) is 4.17. The van der Waals surface area contributed by atoms with Crippen molar-refractivity contribution in [1.82, 2.24) is 5.32 Å². The standard InChI is InChI=1S/C17H18N2O2/c20-17(12-18-13-10-11-13)19-15-8-4-5-9-16(15)21-14-6-2-1-3-7-14/h1-9,13,18H,10-12H2,(H,19,20). The fourth-order valence-corrected chi connectivity index (χ4v) is 1.99. The lowest BCUT2D eigenvalue weighted by atomic mass is 10.3. The van der Waals surface area contributed by atoms with Gasteiger partial charge in [0.2, 0.25) is 5.91 Å². The fraction of sp³-hybridized carbons (Fsp3) is 0.235. The van der Waals surface area contributed by atoms with E-state index in [1.807, 2.05) is 54.6 Å². The van der Waals surface area contributed by atoms with E-state index in [1.165, 1.54) is 12.8 Å². The van der Waals surface area contributed by atoms with Crippen molar-refractivity contribution in [2.24, 2.45) is 0 Å². The van der Waals surface area contributed by atoms with Crippen LogP contribution in [0.25, 0.3) is 0 Å². The Morgan fingerprint density at radius 1 is 1.05 bits per heavy atom. The normalized spacial score (nSPS) is 13.7. The molecule has 0 unspecified atom stereocenters. The highest BCUT2D eigenvalue weighted by atomic mass is 16.5. The molecular formula is C17H18N2O2. The van der Waals surface area contributed by atoms with Crippen LogP contribution in [0.5, 0.6) is 11.5 Å². The van der Waals surface area contributed by atoms with Crippen LogP contribution in [0.1, 0.15) is 12.8 Å². The van der Waals surface area contributed by atoms with E-state index in [4.69, 9.17) is 4.74 Å². The Hall–Kier alpha value is -2.33. The number of nitrogens with one attached hydrogen (secondary N) is 2. The van der Waals surface area contributed by atoms with Crippen LogP contribution in [0.2, 0.25) is 0 Å². The van der Waals surface area contributed by atoms with E-state index in [0.29, 0.717) is 24.0 Å². The Morgan fingerprint density at radius 2 is 1.76 bits per heavy atom. The number of hydrogen-bond acceptors (Lipinski definition) is 3. The molecule has 1 saturated carbocycles. The van der Waals surface area contributed by atoms with E-state index < -0.39 is 0 Å². The summed E-state index contributed by atoms with van der Waals surface area (Å²) >= 11 is 0. The molecule has 108 valence electrons. The third-order valence-corrected chi connectivity index (χ3v) is 3.26. The van der Waals surface area contributed by atoms with Gasteiger partial charge in [-0.25, -0.2) is 0 Å². The molecule has 1 aliphatic rings. The Bertz CT molecular complexity index is 609. The first kappa shape index (κ1) is 13.6. The van der Waals surface area contributed by atoms with Crippen LogP contribution in [-0.4, -0.2) is 18.5 Å². The van der Waals surface area contributed by atoms with E-state index in [0.717, 1.165) is 5.75 Å². The summed E-state index contributed by atoms with van der Waals surface area (Å²) in [6, 6.07) is 17.5. The predicted octanol–water partition coefficient (Wildman–Crippen LogP) is 3.17. The van der Waals surface area contributed by atoms with Crippen molar-refractivity contribution in [3.63, 3.8) is 0 Å². The molecule has 2 aromatic rings. The first-order valence-electron chi connectivity index (χ1n) is 7.16. The zero-order valence-corrected chi connectivity index (χ0v) is 11.7. The van der Waals surface area contributed by atoms with Crippen molar-refractivity contribution in [2.75, 3.05) is 11.9 Å². The number of rotatable bonds is 6. The van der Waals surface area contributed by atoms with E-state index in [9.17, 15) is 4.79 Å². The number of hydrogen-bond donors (Lipinski definition) is 2. The topological polar surface area (TPSA) is 50.4 Å². The summed E-state index contributed by atoms with van der Waals surface area (Å²) < 4.78 is 5.81. The zero-order chi connectivity index (χ0) is 14.5. The molecule has 0 saturated heterocycles. The molecule has 2 aromatic carbocycles. The molecule has 4 heteroatoms. The molecule has 0 spiro atoms. The predicted molar refractivity (Wildman–Crippen MR) is 82.6 cm³/mol. The second-order valence-electron chi connectivity index (χ2n) is 5.11. The lowest BCUT2D eigenvalue weighted by Crippen LogP contribution is -2.29. The number of benzene rings is 2. The van der Waals surface area contributed by atoms with Gasteiger partial charge in [-0.05, 0) is 37.1 Å². The summed E-state index contributed by atoms with van der Waals surface area (Å²) in [7, 11) is 0. The molecular weight excluding hydrogens is 264 g/mol. The van der Waals surface area contributed by atoms with Crippen LogP contribution in [0.4, 0.5) is 5.69 Å². The Balaban J connectivity index is 1.65. The van der Waals surface area contributed by atoms with Gasteiger partial charge in [0.15, 0.2) is 5.75 Å². The van der Waals surface area contributed by atoms with Crippen LogP contribution in [0.3, 0.4) is 0 Å². The second-order valence-corrected chi connectivity index (χ2v) is 5.11. The molecule has 1 amide bonds. The molecule has 4 nitrogen and oxygen atoms in total. The molecule has 0 aromatic heterocycles. The van der Waals surface area contributed by atoms with Crippen molar-refractivity contribution in [1.29, 1.82) is 0 Å². The highest BCUT2D eigenvalue weighted by Gasteiger charge is 2.21. The maximum atomic E-state index is 11.9. The summed E-state index contributed by atoms with van der Waals surface area (Å²) in [6.07, 6.45) is 2.34. The maximum absolute atomic E-state index is 11.9. The highest BCUT2D eigenvalue weighted by Crippen LogP contribution is 2.29. The molecule has 0 atom stereocenters. The van der Waals surface area contributed by atoms with Crippen LogP contribution in [0.15, 0.2) is 54.6 Å². The second kappa shape index (κ2) is 6.41. The number of para-hydroxylation sites is 3. The Morgan fingerprint density at radius 3 is 2.52 bits per heavy atom. The third kappa shape index (κ3) is 4.07. The minimum absolute atomic E-state index is 0.0500. The van der Waals surface area contributed by atoms with Gasteiger partial charge in [-0.15, -0.1) is 0 Å². The summed E-state index contributed by atoms with van der Waals surface area (Å²) in [5, 5.41) is 6.08. The number of anilines is 1. The number of carbonyl (C=O) groups excluding carboxylic acids is 1. The molecule has 2 N–H and O–H groups in total. The molecule has 0 bridgehead atoms. The van der Waals surface area contributed by atoms with Gasteiger partial charge >= 0.3 is 0 Å². The lowest BCUT2D eigenvalue weighted by molar-refractivity contribution is -0.115. The van der Waals surface area contributed by atoms with Crippen molar-refractivity contribution >= 4 is 11.6 Å². The molecule has 0 radical (unpaired) electrons. The minimum Gasteiger partial charge on any atom is -0.455 e. The first-order valence-corrected chi connectivity index (χ1v) is 7.16. The van der Waals surface area contributed by atoms with Gasteiger partial charge in [0, 0.05) is 6.04 Å². The summed E-state index contributed by atoms with van der Waals surface area (Å²) in [6.45, 7) is 0.338. The minimum atomic E-state index is -0.0500. The SMILES string of the molecule is O=C(CNC1CC1)Nc1ccccc1Oc1ccccc1. The molecule has 21 heavy (non-hydrogen) atoms. The fourth-order valence-electron chi connectivity index (χ4n) is 1.99. The van der Waals surface area contributed by atoms with Crippen LogP contribution >= 0.6 is 0 Å². The van der Waals surface area contributed by atoms with Crippen molar-refractivity contribution in [3.8, 4) is 11.5 Å². The van der Waals surface area contributed by atoms with Crippen molar-refractivity contribution in [2.45, 2.75) is 18.9 Å². The van der Waals surface area contributed by atoms with Crippen molar-refractivity contribution in [3.05, 3.63) is 54.6 Å². The smallest absolute Gasteiger partial charge is 0.238 e. The lowest BCUT2D eigenvalue weighted by Gasteiger charge is -2.12. The van der Waals surface area contributed by atoms with E-state index in [1.54, 1.807) is 0 Å². The zero-order valence-electron chi connectivity index (χ0n) is 11.7. The van der Waals surface area contributed by atoms with Gasteiger partial charge in [-0.2, -0.15) is 0 Å². The summed E-state index contributed by atoms with van der Waals surface area (Å²) in [5.74, 6) is 1.34. The van der Waals surface area contributed by atoms with Crippen LogP contribution in [0, 0.1) is 0 Å². The van der Waals surface area contributed by atoms with Gasteiger partial charge in [0.1, 0.15) is 5.75 Å². The van der Waals surface area contributed by atoms with E-state index in [2.05, 4.69) is 10.6 Å². The van der Waals surface area contributed by atoms with Gasteiger partial charge in [-0.3, -0.25) is 4.79 Å². The molecule has 0 aliphatic heterocycles. The molecule has 1 fully saturated rings. The Labute approximate surface area is 124 Å². The highest BCUT2D eigenvalue weighted by molar-refractivity contribution is 5.93. The largest absolute Gasteiger partial charge is 0.455 e. The number of ether oxygens (including phenoxy) is 1. The summed E-state index contributed by atoms with van der Waals surface area (Å²) in [5.41, 5.74) is 0.684. The van der Waals surface area contributed by atoms with Crippen LogP contribution in [-0.2, 0) is 4.79 Å². The molecule has 0 heterocycles. The quantitative estimate of drug-likeness (QED) is 0.855. The van der Waals surface area contributed by atoms with E-state index in [-0.39, 0.29) is 5.91 Å². The van der Waals surface area contributed by atoms with Gasteiger partial charge in [0.05, 0.1) is 12.2 Å². The first-order chi connectivity index (χ1) is 10.3. The van der Waals surface area contributed by atoms with Gasteiger partial charge in [-0.1, -0.05) is 30.3 Å². The van der Waals surface area contributed by atoms with Gasteiger partial charge < -0.3 is 15.4 Å². The summed E-state index contributed by atoms with van der Waals surface area (Å²) in [4.78, 5) is 11.9. The monoisotopic (exact) mass is 282 g/mol. The number of amides is 1. The molecule has 3 rings (SSSR count). The van der Waals surface area contributed by atoms with E-state index >= 15 is 0 Å². The third-order valence-electron chi connectivity index (χ3n) is 3.26. The van der Waals surface area contributed by atoms with Crippen LogP contribution < -0.4 is 15.4 Å². The van der Waals surface area contributed by atoms with Gasteiger partial charge in [0.25, 0.3) is 0 Å². The average molecular weight is 282 g/mol. The number of carbonyl (C=O) groups is 1.